The molecule has 0 saturated heterocycles. The van der Waals surface area contributed by atoms with Gasteiger partial charge in [0.1, 0.15) is 0 Å². The van der Waals surface area contributed by atoms with Crippen LogP contribution in [0.25, 0.3) is 0 Å². The molecule has 2 nitrogen and oxygen atoms in total. The summed E-state index contributed by atoms with van der Waals surface area (Å²) in [7, 11) is 0. The molecule has 0 fully saturated rings. The Labute approximate surface area is 60.6 Å². The second-order valence-electron chi connectivity index (χ2n) is 2.54. The number of nitrogens with zero attached hydrogens (tertiary/aromatic N) is 1. The Bertz CT molecular complexity index is 220. The lowest BCUT2D eigenvalue weighted by atomic mass is 9.90. The van der Waals surface area contributed by atoms with Gasteiger partial charge in [0.15, 0.2) is 0 Å². The Kier molecular flexibility index (Phi) is 1.77. The van der Waals surface area contributed by atoms with Gasteiger partial charge in [0.25, 0.3) is 0 Å². The quantitative estimate of drug-likeness (QED) is 0.540. The van der Waals surface area contributed by atoms with E-state index in [2.05, 4.69) is 6.07 Å². The van der Waals surface area contributed by atoms with Crippen molar-refractivity contribution in [2.24, 2.45) is 17.6 Å². The molecule has 0 saturated carbocycles. The summed E-state index contributed by atoms with van der Waals surface area (Å²) >= 11 is 0. The third kappa shape index (κ3) is 1.19. The van der Waals surface area contributed by atoms with Crippen LogP contribution in [-0.4, -0.2) is 0 Å². The molecule has 0 bridgehead atoms. The molecule has 1 rings (SSSR count). The fraction of sp³-hybridized carbons (Fsp3) is 0.375. The van der Waals surface area contributed by atoms with Gasteiger partial charge in [0.05, 0.1) is 12.0 Å². The second-order valence-corrected chi connectivity index (χ2v) is 2.54. The van der Waals surface area contributed by atoms with Gasteiger partial charge in [-0.15, -0.1) is 0 Å². The first kappa shape index (κ1) is 6.88. The average Bonchev–Trinajstić information content (AvgIpc) is 1.94. The van der Waals surface area contributed by atoms with E-state index >= 15 is 0 Å². The molecule has 0 heterocycles. The van der Waals surface area contributed by atoms with Crippen LogP contribution in [0.3, 0.4) is 0 Å². The van der Waals surface area contributed by atoms with E-state index in [-0.39, 0.29) is 5.92 Å². The van der Waals surface area contributed by atoms with Crippen molar-refractivity contribution in [3.63, 3.8) is 0 Å². The first-order valence-corrected chi connectivity index (χ1v) is 3.29. The largest absolute Gasteiger partial charge is 0.399 e. The Morgan fingerprint density at radius 2 is 2.40 bits per heavy atom. The van der Waals surface area contributed by atoms with Gasteiger partial charge in [-0.25, -0.2) is 0 Å². The molecule has 0 spiro atoms. The molecule has 1 aliphatic rings. The zero-order valence-electron chi connectivity index (χ0n) is 5.91. The summed E-state index contributed by atoms with van der Waals surface area (Å²) in [4.78, 5) is 0. The smallest absolute Gasteiger partial charge is 0.0726 e. The molecule has 0 aromatic carbocycles. The molecule has 10 heavy (non-hydrogen) atoms. The van der Waals surface area contributed by atoms with E-state index in [1.807, 2.05) is 19.1 Å². The van der Waals surface area contributed by atoms with Gasteiger partial charge >= 0.3 is 0 Å². The minimum Gasteiger partial charge on any atom is -0.399 e. The van der Waals surface area contributed by atoms with Gasteiger partial charge in [-0.2, -0.15) is 5.26 Å². The maximum atomic E-state index is 8.60. The predicted octanol–water partition coefficient (Wildman–Crippen LogP) is 1.17. The van der Waals surface area contributed by atoms with Crippen LogP contribution in [-0.2, 0) is 0 Å². The lowest BCUT2D eigenvalue weighted by Crippen LogP contribution is -2.11. The Hall–Kier alpha value is -1.23. The fourth-order valence-corrected chi connectivity index (χ4v) is 0.952. The van der Waals surface area contributed by atoms with E-state index in [1.165, 1.54) is 0 Å². The van der Waals surface area contributed by atoms with E-state index in [9.17, 15) is 0 Å². The van der Waals surface area contributed by atoms with Crippen LogP contribution >= 0.6 is 0 Å². The lowest BCUT2D eigenvalue weighted by molar-refractivity contribution is 0.611. The highest BCUT2D eigenvalue weighted by atomic mass is 14.6. The number of hydrogen-bond acceptors (Lipinski definition) is 2. The monoisotopic (exact) mass is 134 g/mol. The molecule has 2 heteroatoms. The van der Waals surface area contributed by atoms with Crippen LogP contribution in [0.15, 0.2) is 23.9 Å². The van der Waals surface area contributed by atoms with Crippen molar-refractivity contribution < 1.29 is 0 Å². The summed E-state index contributed by atoms with van der Waals surface area (Å²) < 4.78 is 0. The van der Waals surface area contributed by atoms with Gasteiger partial charge in [-0.1, -0.05) is 13.0 Å². The highest BCUT2D eigenvalue weighted by molar-refractivity contribution is 5.25. The van der Waals surface area contributed by atoms with Gasteiger partial charge in [-0.3, -0.25) is 0 Å². The van der Waals surface area contributed by atoms with Crippen LogP contribution in [0.4, 0.5) is 0 Å². The average molecular weight is 134 g/mol. The van der Waals surface area contributed by atoms with Crippen LogP contribution in [0.5, 0.6) is 0 Å². The molecule has 0 radical (unpaired) electrons. The zero-order valence-corrected chi connectivity index (χ0v) is 5.91. The summed E-state index contributed by atoms with van der Waals surface area (Å²) in [5.41, 5.74) is 6.18. The Morgan fingerprint density at radius 3 is 2.90 bits per heavy atom. The SMILES string of the molecule is CC1C=CC(N)=CC1C#N. The fourth-order valence-electron chi connectivity index (χ4n) is 0.952. The van der Waals surface area contributed by atoms with Crippen molar-refractivity contribution in [1.82, 2.24) is 0 Å². The lowest BCUT2D eigenvalue weighted by Gasteiger charge is -2.14. The highest BCUT2D eigenvalue weighted by Crippen LogP contribution is 2.19. The maximum Gasteiger partial charge on any atom is 0.0726 e. The summed E-state index contributed by atoms with van der Waals surface area (Å²) in [5.74, 6) is 0.266. The van der Waals surface area contributed by atoms with Crippen molar-refractivity contribution in [3.05, 3.63) is 23.9 Å². The second kappa shape index (κ2) is 2.57. The van der Waals surface area contributed by atoms with Crippen molar-refractivity contribution in [1.29, 1.82) is 5.26 Å². The van der Waals surface area contributed by atoms with Crippen LogP contribution < -0.4 is 5.73 Å². The van der Waals surface area contributed by atoms with Crippen molar-refractivity contribution >= 4 is 0 Å². The van der Waals surface area contributed by atoms with Gasteiger partial charge in [0, 0.05) is 5.70 Å². The number of rotatable bonds is 0. The van der Waals surface area contributed by atoms with E-state index in [0.717, 1.165) is 0 Å². The molecule has 0 aromatic rings. The minimum atomic E-state index is -0.0370. The number of hydrogen-bond donors (Lipinski definition) is 1. The van der Waals surface area contributed by atoms with E-state index in [4.69, 9.17) is 11.0 Å². The first-order valence-electron chi connectivity index (χ1n) is 3.29. The standard InChI is InChI=1S/C8H10N2/c1-6-2-3-8(10)4-7(6)5-9/h2-4,6-7H,10H2,1H3. The number of nitrogens with two attached hydrogens (primary N) is 1. The Balaban J connectivity index is 2.79. The topological polar surface area (TPSA) is 49.8 Å². The van der Waals surface area contributed by atoms with Crippen LogP contribution in [0.1, 0.15) is 6.92 Å². The molecule has 0 aliphatic heterocycles. The van der Waals surface area contributed by atoms with Gasteiger partial charge in [0.2, 0.25) is 0 Å². The highest BCUT2D eigenvalue weighted by Gasteiger charge is 2.14. The molecular formula is C8H10N2. The summed E-state index contributed by atoms with van der Waals surface area (Å²) in [6, 6.07) is 2.18. The summed E-state index contributed by atoms with van der Waals surface area (Å²) in [6.07, 6.45) is 5.60. The number of nitriles is 1. The van der Waals surface area contributed by atoms with Crippen molar-refractivity contribution in [2.45, 2.75) is 6.92 Å². The van der Waals surface area contributed by atoms with Crippen molar-refractivity contribution in [2.75, 3.05) is 0 Å². The summed E-state index contributed by atoms with van der Waals surface area (Å²) in [6.45, 7) is 2.01. The van der Waals surface area contributed by atoms with E-state index < -0.39 is 0 Å². The molecular weight excluding hydrogens is 124 g/mol. The Morgan fingerprint density at radius 1 is 1.70 bits per heavy atom. The minimum absolute atomic E-state index is 0.0370. The maximum absolute atomic E-state index is 8.60. The van der Waals surface area contributed by atoms with E-state index in [0.29, 0.717) is 11.6 Å². The molecule has 0 aromatic heterocycles. The van der Waals surface area contributed by atoms with Gasteiger partial charge in [-0.05, 0) is 18.1 Å². The molecule has 2 N–H and O–H groups in total. The molecule has 52 valence electrons. The van der Waals surface area contributed by atoms with E-state index in [1.54, 1.807) is 6.08 Å². The van der Waals surface area contributed by atoms with Crippen LogP contribution in [0, 0.1) is 23.2 Å². The van der Waals surface area contributed by atoms with Gasteiger partial charge < -0.3 is 5.73 Å². The zero-order chi connectivity index (χ0) is 7.56. The summed E-state index contributed by atoms with van der Waals surface area (Å²) in [5, 5.41) is 8.60. The first-order chi connectivity index (χ1) is 4.74. The molecule has 1 aliphatic carbocycles. The third-order valence-electron chi connectivity index (χ3n) is 1.68. The van der Waals surface area contributed by atoms with Crippen molar-refractivity contribution in [3.8, 4) is 6.07 Å². The third-order valence-corrected chi connectivity index (χ3v) is 1.68. The predicted molar refractivity (Wildman–Crippen MR) is 39.7 cm³/mol. The molecule has 0 amide bonds. The number of allylic oxidation sites excluding steroid dienone is 3. The normalized spacial score (nSPS) is 31.0. The molecule has 2 unspecified atom stereocenters. The molecule has 2 atom stereocenters. The van der Waals surface area contributed by atoms with Crippen LogP contribution in [0.2, 0.25) is 0 Å².